The molecule has 1 atom stereocenters. The van der Waals surface area contributed by atoms with Crippen LogP contribution in [0, 0.1) is 0 Å². The molecule has 200 valence electrons. The zero-order valence-electron chi connectivity index (χ0n) is 22.0. The summed E-state index contributed by atoms with van der Waals surface area (Å²) in [4.78, 5) is 9.21. The number of hydrogen-bond donors (Lipinski definition) is 1. The molecule has 6 heterocycles. The second-order valence-corrected chi connectivity index (χ2v) is 9.86. The fourth-order valence-corrected chi connectivity index (χ4v) is 5.24. The van der Waals surface area contributed by atoms with Crippen molar-refractivity contribution in [2.45, 2.75) is 25.4 Å². The van der Waals surface area contributed by atoms with E-state index in [0.29, 0.717) is 23.7 Å². The second kappa shape index (κ2) is 9.80. The Morgan fingerprint density at radius 3 is 2.70 bits per heavy atom. The van der Waals surface area contributed by atoms with Crippen molar-refractivity contribution in [3.8, 4) is 11.3 Å². The molecule has 0 radical (unpaired) electrons. The van der Waals surface area contributed by atoms with Gasteiger partial charge in [-0.25, -0.2) is 0 Å². The lowest BCUT2D eigenvalue weighted by molar-refractivity contribution is 0.677. The van der Waals surface area contributed by atoms with E-state index in [1.807, 2.05) is 56.7 Å². The maximum absolute atomic E-state index is 4.83. The number of benzene rings is 1. The maximum atomic E-state index is 4.83. The van der Waals surface area contributed by atoms with Gasteiger partial charge in [-0.15, -0.1) is 29.7 Å². The third-order valence-corrected chi connectivity index (χ3v) is 7.16. The van der Waals surface area contributed by atoms with Crippen LogP contribution in [0.4, 0.5) is 17.3 Å². The third-order valence-electron chi connectivity index (χ3n) is 7.16. The van der Waals surface area contributed by atoms with Crippen LogP contribution in [0.1, 0.15) is 30.0 Å². The molecule has 1 unspecified atom stereocenters. The van der Waals surface area contributed by atoms with Crippen molar-refractivity contribution >= 4 is 28.6 Å². The highest BCUT2D eigenvalue weighted by atomic mass is 15.6. The molecule has 14 nitrogen and oxygen atoms in total. The van der Waals surface area contributed by atoms with Crippen LogP contribution in [-0.4, -0.2) is 76.1 Å². The van der Waals surface area contributed by atoms with Crippen LogP contribution in [0.3, 0.4) is 0 Å². The van der Waals surface area contributed by atoms with Crippen LogP contribution in [-0.2, 0) is 6.54 Å². The first-order valence-electron chi connectivity index (χ1n) is 13.0. The summed E-state index contributed by atoms with van der Waals surface area (Å²) in [6, 6.07) is 18.3. The van der Waals surface area contributed by atoms with E-state index in [1.165, 1.54) is 9.26 Å². The molecule has 0 spiro atoms. The Bertz CT molecular complexity index is 1790. The molecule has 1 aliphatic rings. The average Bonchev–Trinajstić information content (AvgIpc) is 3.76. The number of pyridine rings is 1. The number of para-hydroxylation sites is 1. The summed E-state index contributed by atoms with van der Waals surface area (Å²) in [7, 11) is 4.07. The van der Waals surface area contributed by atoms with E-state index in [0.717, 1.165) is 53.3 Å². The van der Waals surface area contributed by atoms with Gasteiger partial charge in [0.05, 0.1) is 17.3 Å². The monoisotopic (exact) mass is 534 g/mol. The Hall–Kier alpha value is -5.27. The number of aromatic nitrogens is 11. The van der Waals surface area contributed by atoms with Gasteiger partial charge in [0.25, 0.3) is 0 Å². The Balaban J connectivity index is 1.16. The topological polar surface area (TPSA) is 143 Å². The van der Waals surface area contributed by atoms with Gasteiger partial charge in [-0.05, 0) is 75.2 Å². The molecule has 0 amide bonds. The fraction of sp³-hybridized carbons (Fsp3) is 0.269. The van der Waals surface area contributed by atoms with Gasteiger partial charge in [0.2, 0.25) is 5.65 Å². The number of tetrazole rings is 2. The van der Waals surface area contributed by atoms with E-state index >= 15 is 0 Å². The Kier molecular flexibility index (Phi) is 5.83. The van der Waals surface area contributed by atoms with Crippen molar-refractivity contribution < 1.29 is 0 Å². The number of anilines is 3. The van der Waals surface area contributed by atoms with E-state index < -0.39 is 0 Å². The SMILES string of the molecule is CN(C)c1ccccc1CNc1cc(-c2ccc(C3CCCN3c3ccc4nnnn4n3)cn2)c2nnnn2n1. The van der Waals surface area contributed by atoms with E-state index in [4.69, 9.17) is 4.98 Å². The second-order valence-electron chi connectivity index (χ2n) is 9.86. The van der Waals surface area contributed by atoms with Gasteiger partial charge in [-0.1, -0.05) is 24.3 Å². The summed E-state index contributed by atoms with van der Waals surface area (Å²) in [5.74, 6) is 1.49. The number of hydrogen-bond acceptors (Lipinski definition) is 12. The standard InChI is InChI=1S/C26H26N14/c1-37(2)21-7-4-3-6-17(21)16-28-23-14-19(26-30-34-36-40(26)31-23)20-10-9-18(15-27-20)22-8-5-13-38(22)25-12-11-24-29-33-35-39(24)32-25/h3-4,6-7,9-12,14-15,22H,5,8,13,16H2,1-2H3,(H,28,31). The van der Waals surface area contributed by atoms with Crippen LogP contribution in [0.25, 0.3) is 22.6 Å². The highest BCUT2D eigenvalue weighted by Gasteiger charge is 2.28. The molecule has 1 fully saturated rings. The molecule has 1 aliphatic heterocycles. The fourth-order valence-electron chi connectivity index (χ4n) is 5.24. The van der Waals surface area contributed by atoms with Crippen molar-refractivity contribution in [3.05, 3.63) is 71.9 Å². The number of rotatable bonds is 7. The van der Waals surface area contributed by atoms with E-state index in [-0.39, 0.29) is 6.04 Å². The average molecular weight is 535 g/mol. The molecule has 40 heavy (non-hydrogen) atoms. The lowest BCUT2D eigenvalue weighted by Gasteiger charge is -2.25. The minimum atomic E-state index is 0.157. The predicted molar refractivity (Wildman–Crippen MR) is 148 cm³/mol. The van der Waals surface area contributed by atoms with Gasteiger partial charge in [0.1, 0.15) is 5.82 Å². The molecule has 1 N–H and O–H groups in total. The number of nitrogens with one attached hydrogen (secondary N) is 1. The summed E-state index contributed by atoms with van der Waals surface area (Å²) in [5.41, 5.74) is 6.14. The largest absolute Gasteiger partial charge is 0.377 e. The Morgan fingerprint density at radius 1 is 0.950 bits per heavy atom. The van der Waals surface area contributed by atoms with Crippen molar-refractivity contribution in [1.29, 1.82) is 0 Å². The summed E-state index contributed by atoms with van der Waals surface area (Å²) in [6.45, 7) is 1.50. The molecule has 0 saturated carbocycles. The van der Waals surface area contributed by atoms with E-state index in [2.05, 4.69) is 74.6 Å². The molecule has 1 saturated heterocycles. The van der Waals surface area contributed by atoms with Crippen molar-refractivity contribution in [3.63, 3.8) is 0 Å². The summed E-state index contributed by atoms with van der Waals surface area (Å²) in [6.07, 6.45) is 3.99. The zero-order valence-corrected chi connectivity index (χ0v) is 22.0. The van der Waals surface area contributed by atoms with Gasteiger partial charge in [0.15, 0.2) is 11.5 Å². The molecule has 14 heteroatoms. The van der Waals surface area contributed by atoms with Crippen LogP contribution in [0.5, 0.6) is 0 Å². The van der Waals surface area contributed by atoms with E-state index in [1.54, 1.807) is 0 Å². The summed E-state index contributed by atoms with van der Waals surface area (Å²) in [5, 5.41) is 36.2. The number of fused-ring (bicyclic) bond motifs is 2. The first-order valence-corrected chi connectivity index (χ1v) is 13.0. The molecular formula is C26H26N14. The van der Waals surface area contributed by atoms with Gasteiger partial charge >= 0.3 is 0 Å². The molecule has 7 rings (SSSR count). The summed E-state index contributed by atoms with van der Waals surface area (Å²) < 4.78 is 2.89. The zero-order chi connectivity index (χ0) is 27.1. The number of nitrogens with zero attached hydrogens (tertiary/aromatic N) is 13. The normalized spacial score (nSPS) is 15.2. The van der Waals surface area contributed by atoms with Crippen LogP contribution < -0.4 is 15.1 Å². The van der Waals surface area contributed by atoms with Crippen LogP contribution in [0.15, 0.2) is 60.8 Å². The summed E-state index contributed by atoms with van der Waals surface area (Å²) >= 11 is 0. The van der Waals surface area contributed by atoms with Gasteiger partial charge in [-0.2, -0.15) is 0 Å². The maximum Gasteiger partial charge on any atom is 0.209 e. The van der Waals surface area contributed by atoms with Crippen LogP contribution >= 0.6 is 0 Å². The molecule has 0 bridgehead atoms. The minimum absolute atomic E-state index is 0.157. The Labute approximate surface area is 228 Å². The van der Waals surface area contributed by atoms with Crippen LogP contribution in [0.2, 0.25) is 0 Å². The molecular weight excluding hydrogens is 508 g/mol. The van der Waals surface area contributed by atoms with Crippen molar-refractivity contribution in [1.82, 2.24) is 55.5 Å². The quantitative estimate of drug-likeness (QED) is 0.321. The lowest BCUT2D eigenvalue weighted by Crippen LogP contribution is -2.24. The van der Waals surface area contributed by atoms with Crippen molar-refractivity contribution in [2.75, 3.05) is 35.8 Å². The molecule has 6 aromatic rings. The van der Waals surface area contributed by atoms with E-state index in [9.17, 15) is 0 Å². The third kappa shape index (κ3) is 4.28. The highest BCUT2D eigenvalue weighted by molar-refractivity contribution is 5.76. The predicted octanol–water partition coefficient (Wildman–Crippen LogP) is 2.43. The van der Waals surface area contributed by atoms with Crippen molar-refractivity contribution in [2.24, 2.45) is 0 Å². The smallest absolute Gasteiger partial charge is 0.209 e. The first kappa shape index (κ1) is 23.8. The van der Waals surface area contributed by atoms with Gasteiger partial charge in [0, 0.05) is 39.1 Å². The molecule has 0 aliphatic carbocycles. The highest BCUT2D eigenvalue weighted by Crippen LogP contribution is 2.35. The van der Waals surface area contributed by atoms with Gasteiger partial charge < -0.3 is 15.1 Å². The molecule has 1 aromatic carbocycles. The molecule has 5 aromatic heterocycles. The van der Waals surface area contributed by atoms with Gasteiger partial charge in [-0.3, -0.25) is 4.98 Å². The first-order chi connectivity index (χ1) is 19.6. The minimum Gasteiger partial charge on any atom is -0.377 e. The Morgan fingerprint density at radius 2 is 1.82 bits per heavy atom. The lowest BCUT2D eigenvalue weighted by atomic mass is 10.1.